The predicted molar refractivity (Wildman–Crippen MR) is 112 cm³/mol. The molecule has 0 fully saturated rings. The summed E-state index contributed by atoms with van der Waals surface area (Å²) in [7, 11) is 0. The van der Waals surface area contributed by atoms with Crippen molar-refractivity contribution in [1.29, 1.82) is 0 Å². The summed E-state index contributed by atoms with van der Waals surface area (Å²) in [6.07, 6.45) is 0.892. The zero-order valence-corrected chi connectivity index (χ0v) is 18.2. The SMILES string of the molecule is Cc1c(Sn2cc3c(n2)CN(C(=O)C(CO)c2ccccc2Cl)C3)cnn1CC(F)F. The van der Waals surface area contributed by atoms with E-state index >= 15 is 0 Å². The third kappa shape index (κ3) is 4.46. The number of carbonyl (C=O) groups is 1. The minimum Gasteiger partial charge on any atom is -0.395 e. The molecule has 4 rings (SSSR count). The maximum Gasteiger partial charge on any atom is 0.257 e. The summed E-state index contributed by atoms with van der Waals surface area (Å²) < 4.78 is 28.2. The number of aliphatic hydroxyl groups excluding tert-OH is 1. The van der Waals surface area contributed by atoms with Crippen LogP contribution in [0.3, 0.4) is 0 Å². The Balaban J connectivity index is 1.44. The lowest BCUT2D eigenvalue weighted by Gasteiger charge is -2.22. The molecule has 0 radical (unpaired) electrons. The zero-order valence-electron chi connectivity index (χ0n) is 16.6. The number of amides is 1. The van der Waals surface area contributed by atoms with Gasteiger partial charge in [-0.3, -0.25) is 9.48 Å². The molecule has 11 heteroatoms. The van der Waals surface area contributed by atoms with Gasteiger partial charge in [0.25, 0.3) is 6.43 Å². The van der Waals surface area contributed by atoms with E-state index in [0.29, 0.717) is 29.4 Å². The average molecular weight is 468 g/mol. The lowest BCUT2D eigenvalue weighted by atomic mass is 9.98. The highest BCUT2D eigenvalue weighted by Gasteiger charge is 2.32. The van der Waals surface area contributed by atoms with Gasteiger partial charge in [-0.1, -0.05) is 29.8 Å². The van der Waals surface area contributed by atoms with E-state index in [-0.39, 0.29) is 12.5 Å². The molecule has 2 aromatic heterocycles. The van der Waals surface area contributed by atoms with E-state index in [9.17, 15) is 18.7 Å². The van der Waals surface area contributed by atoms with Gasteiger partial charge >= 0.3 is 0 Å². The Morgan fingerprint density at radius 1 is 1.32 bits per heavy atom. The summed E-state index contributed by atoms with van der Waals surface area (Å²) >= 11 is 7.49. The van der Waals surface area contributed by atoms with Crippen LogP contribution >= 0.6 is 23.5 Å². The first-order valence-electron chi connectivity index (χ1n) is 9.57. The number of hydrogen-bond donors (Lipinski definition) is 1. The monoisotopic (exact) mass is 467 g/mol. The number of aliphatic hydroxyl groups is 1. The number of alkyl halides is 2. The Kier molecular flexibility index (Phi) is 6.31. The van der Waals surface area contributed by atoms with Crippen molar-refractivity contribution >= 4 is 29.5 Å². The molecular formula is C20H20ClF2N5O2S. The molecule has 7 nitrogen and oxygen atoms in total. The third-order valence-corrected chi connectivity index (χ3v) is 6.51. The van der Waals surface area contributed by atoms with Crippen LogP contribution in [0, 0.1) is 6.92 Å². The molecular weight excluding hydrogens is 448 g/mol. The Bertz CT molecular complexity index is 1080. The molecule has 1 atom stereocenters. The fraction of sp³-hybridized carbons (Fsp3) is 0.350. The largest absolute Gasteiger partial charge is 0.395 e. The number of fused-ring (bicyclic) bond motifs is 1. The highest BCUT2D eigenvalue weighted by atomic mass is 35.5. The highest BCUT2D eigenvalue weighted by molar-refractivity contribution is 7.97. The fourth-order valence-corrected chi connectivity index (χ4v) is 4.67. The van der Waals surface area contributed by atoms with Crippen molar-refractivity contribution in [2.75, 3.05) is 6.61 Å². The van der Waals surface area contributed by atoms with Crippen LogP contribution in [0.4, 0.5) is 8.78 Å². The summed E-state index contributed by atoms with van der Waals surface area (Å²) in [6, 6.07) is 6.99. The Labute approximate surface area is 186 Å². The second kappa shape index (κ2) is 8.97. The van der Waals surface area contributed by atoms with Crippen LogP contribution in [0.5, 0.6) is 0 Å². The molecule has 164 valence electrons. The van der Waals surface area contributed by atoms with Gasteiger partial charge in [-0.05, 0) is 18.6 Å². The lowest BCUT2D eigenvalue weighted by Crippen LogP contribution is -2.33. The number of hydrogen-bond acceptors (Lipinski definition) is 5. The van der Waals surface area contributed by atoms with Crippen molar-refractivity contribution < 1.29 is 18.7 Å². The van der Waals surface area contributed by atoms with Crippen LogP contribution < -0.4 is 0 Å². The summed E-state index contributed by atoms with van der Waals surface area (Å²) in [6.45, 7) is 1.65. The normalized spacial score (nSPS) is 14.3. The molecule has 0 spiro atoms. The molecule has 1 amide bonds. The summed E-state index contributed by atoms with van der Waals surface area (Å²) in [5, 5.41) is 18.8. The van der Waals surface area contributed by atoms with E-state index in [0.717, 1.165) is 16.2 Å². The quantitative estimate of drug-likeness (QED) is 0.575. The first-order valence-corrected chi connectivity index (χ1v) is 10.7. The van der Waals surface area contributed by atoms with Gasteiger partial charge in [0.05, 0.1) is 41.5 Å². The molecule has 1 aliphatic rings. The molecule has 0 saturated carbocycles. The molecule has 0 saturated heterocycles. The van der Waals surface area contributed by atoms with Crippen LogP contribution in [-0.4, -0.2) is 47.9 Å². The van der Waals surface area contributed by atoms with Crippen molar-refractivity contribution in [3.05, 3.63) is 64.2 Å². The van der Waals surface area contributed by atoms with E-state index in [1.165, 1.54) is 16.6 Å². The maximum atomic E-state index is 13.0. The van der Waals surface area contributed by atoms with E-state index in [4.69, 9.17) is 11.6 Å². The van der Waals surface area contributed by atoms with Gasteiger partial charge < -0.3 is 10.0 Å². The molecule has 1 aromatic carbocycles. The second-order valence-electron chi connectivity index (χ2n) is 7.21. The number of nitrogens with zero attached hydrogens (tertiary/aromatic N) is 5. The van der Waals surface area contributed by atoms with Gasteiger partial charge in [0, 0.05) is 35.3 Å². The van der Waals surface area contributed by atoms with Crippen molar-refractivity contribution in [2.45, 2.75) is 43.8 Å². The minimum absolute atomic E-state index is 0.211. The Morgan fingerprint density at radius 3 is 2.77 bits per heavy atom. The summed E-state index contributed by atoms with van der Waals surface area (Å²) in [4.78, 5) is 15.4. The average Bonchev–Trinajstić information content (AvgIpc) is 3.39. The smallest absolute Gasteiger partial charge is 0.257 e. The minimum atomic E-state index is -2.47. The highest BCUT2D eigenvalue weighted by Crippen LogP contribution is 2.31. The number of benzene rings is 1. The standard InChI is InChI=1S/C20H20ClF2N5O2S/c1-12-18(6-24-27(12)10-19(22)23)31-28-8-13-7-26(9-17(13)25-28)20(30)15(11-29)14-4-2-3-5-16(14)21/h2-6,8,15,19,29H,7,9-11H2,1H3. The van der Waals surface area contributed by atoms with Gasteiger partial charge in [0.1, 0.15) is 6.54 Å². The van der Waals surface area contributed by atoms with Gasteiger partial charge in [0.2, 0.25) is 5.91 Å². The lowest BCUT2D eigenvalue weighted by molar-refractivity contribution is -0.134. The van der Waals surface area contributed by atoms with E-state index in [1.807, 2.05) is 6.20 Å². The molecule has 3 heterocycles. The van der Waals surface area contributed by atoms with Gasteiger partial charge in [-0.25, -0.2) is 12.9 Å². The number of halogens is 3. The van der Waals surface area contributed by atoms with Crippen LogP contribution in [0.2, 0.25) is 5.02 Å². The predicted octanol–water partition coefficient (Wildman–Crippen LogP) is 3.48. The summed E-state index contributed by atoms with van der Waals surface area (Å²) in [5.41, 5.74) is 2.89. The Morgan fingerprint density at radius 2 is 2.10 bits per heavy atom. The molecule has 0 aliphatic carbocycles. The number of aromatic nitrogens is 4. The molecule has 1 N–H and O–H groups in total. The molecule has 3 aromatic rings. The molecule has 0 bridgehead atoms. The summed E-state index contributed by atoms with van der Waals surface area (Å²) in [5.74, 6) is -0.945. The van der Waals surface area contributed by atoms with Crippen molar-refractivity contribution in [1.82, 2.24) is 23.9 Å². The van der Waals surface area contributed by atoms with Gasteiger partial charge in [-0.15, -0.1) is 0 Å². The second-order valence-corrected chi connectivity index (χ2v) is 8.62. The number of rotatable bonds is 7. The van der Waals surface area contributed by atoms with Crippen LogP contribution in [0.25, 0.3) is 0 Å². The number of carbonyl (C=O) groups excluding carboxylic acids is 1. The molecule has 1 aliphatic heterocycles. The molecule has 31 heavy (non-hydrogen) atoms. The van der Waals surface area contributed by atoms with Gasteiger partial charge in [-0.2, -0.15) is 10.2 Å². The Hall–Kier alpha value is -2.43. The van der Waals surface area contributed by atoms with Crippen LogP contribution in [-0.2, 0) is 24.4 Å². The van der Waals surface area contributed by atoms with E-state index in [1.54, 1.807) is 46.4 Å². The van der Waals surface area contributed by atoms with Crippen molar-refractivity contribution in [3.8, 4) is 0 Å². The third-order valence-electron chi connectivity index (χ3n) is 5.19. The maximum absolute atomic E-state index is 13.0. The van der Waals surface area contributed by atoms with Crippen LogP contribution in [0.15, 0.2) is 41.6 Å². The van der Waals surface area contributed by atoms with Gasteiger partial charge in [0.15, 0.2) is 0 Å². The first kappa shape index (κ1) is 21.8. The van der Waals surface area contributed by atoms with E-state index < -0.39 is 18.9 Å². The molecule has 1 unspecified atom stereocenters. The van der Waals surface area contributed by atoms with Crippen molar-refractivity contribution in [2.24, 2.45) is 0 Å². The zero-order chi connectivity index (χ0) is 22.1. The van der Waals surface area contributed by atoms with Crippen LogP contribution in [0.1, 0.15) is 28.4 Å². The topological polar surface area (TPSA) is 76.2 Å². The van der Waals surface area contributed by atoms with Crippen molar-refractivity contribution in [3.63, 3.8) is 0 Å². The fourth-order valence-electron chi connectivity index (χ4n) is 3.55. The first-order chi connectivity index (χ1) is 14.9. The van der Waals surface area contributed by atoms with E-state index in [2.05, 4.69) is 10.2 Å².